The fourth-order valence-electron chi connectivity index (χ4n) is 3.51. The second kappa shape index (κ2) is 15.5. The van der Waals surface area contributed by atoms with Crippen LogP contribution in [0.5, 0.6) is 0 Å². The van der Waals surface area contributed by atoms with Gasteiger partial charge in [-0.15, -0.1) is 0 Å². The second-order valence-corrected chi connectivity index (χ2v) is 9.64. The Morgan fingerprint density at radius 1 is 0.867 bits per heavy atom. The van der Waals surface area contributed by atoms with Crippen molar-refractivity contribution in [3.05, 3.63) is 35.4 Å². The van der Waals surface area contributed by atoms with Crippen LogP contribution in [0, 0.1) is 0 Å². The zero-order valence-electron chi connectivity index (χ0n) is 20.3. The van der Waals surface area contributed by atoms with Crippen LogP contribution in [0.1, 0.15) is 116 Å². The molecule has 0 aliphatic rings. The predicted octanol–water partition coefficient (Wildman–Crippen LogP) is 7.79. The van der Waals surface area contributed by atoms with Crippen molar-refractivity contribution in [2.24, 2.45) is 0 Å². The molecule has 1 rings (SSSR count). The van der Waals surface area contributed by atoms with Crippen LogP contribution in [-0.2, 0) is 27.3 Å². The molecule has 1 atom stereocenters. The molecular weight excluding hydrogens is 372 g/mol. The van der Waals surface area contributed by atoms with Crippen LogP contribution in [0.15, 0.2) is 24.3 Å². The summed E-state index contributed by atoms with van der Waals surface area (Å²) in [5, 5.41) is 0. The maximum absolute atomic E-state index is 11.8. The van der Waals surface area contributed by atoms with E-state index in [-0.39, 0.29) is 5.97 Å². The molecule has 0 saturated carbocycles. The molecule has 0 aromatic heterocycles. The molecule has 0 amide bonds. The molecule has 0 aliphatic heterocycles. The lowest BCUT2D eigenvalue weighted by molar-refractivity contribution is -0.154. The van der Waals surface area contributed by atoms with Gasteiger partial charge in [0.2, 0.25) is 0 Å². The Morgan fingerprint density at radius 3 is 1.97 bits per heavy atom. The summed E-state index contributed by atoms with van der Waals surface area (Å²) < 4.78 is 11.4. The Bertz CT molecular complexity index is 556. The number of unbranched alkanes of at least 4 members (excludes halogenated alkanes) is 8. The Hall–Kier alpha value is -1.35. The number of benzene rings is 1. The predicted molar refractivity (Wildman–Crippen MR) is 127 cm³/mol. The van der Waals surface area contributed by atoms with Crippen LogP contribution >= 0.6 is 0 Å². The van der Waals surface area contributed by atoms with Crippen LogP contribution in [0.25, 0.3) is 0 Å². The van der Waals surface area contributed by atoms with Crippen LogP contribution < -0.4 is 0 Å². The van der Waals surface area contributed by atoms with Crippen molar-refractivity contribution in [1.82, 2.24) is 0 Å². The highest BCUT2D eigenvalue weighted by atomic mass is 16.6. The first-order valence-corrected chi connectivity index (χ1v) is 12.2. The zero-order valence-corrected chi connectivity index (χ0v) is 20.3. The zero-order chi connectivity index (χ0) is 22.2. The van der Waals surface area contributed by atoms with Crippen molar-refractivity contribution >= 4 is 5.97 Å². The summed E-state index contributed by atoms with van der Waals surface area (Å²) in [7, 11) is 0. The van der Waals surface area contributed by atoms with Crippen LogP contribution in [0.3, 0.4) is 0 Å². The van der Waals surface area contributed by atoms with Crippen molar-refractivity contribution in [1.29, 1.82) is 0 Å². The molecule has 3 heteroatoms. The van der Waals surface area contributed by atoms with Gasteiger partial charge < -0.3 is 9.47 Å². The van der Waals surface area contributed by atoms with Gasteiger partial charge in [0, 0.05) is 6.42 Å². The average Bonchev–Trinajstić information content (AvgIpc) is 2.69. The summed E-state index contributed by atoms with van der Waals surface area (Å²) in [6.07, 6.45) is 14.9. The van der Waals surface area contributed by atoms with Crippen molar-refractivity contribution < 1.29 is 14.3 Å². The quantitative estimate of drug-likeness (QED) is 0.203. The lowest BCUT2D eigenvalue weighted by Crippen LogP contribution is -2.24. The molecule has 30 heavy (non-hydrogen) atoms. The summed E-state index contributed by atoms with van der Waals surface area (Å²) >= 11 is 0. The van der Waals surface area contributed by atoms with Crippen molar-refractivity contribution in [2.45, 2.75) is 130 Å². The molecule has 0 radical (unpaired) electrons. The van der Waals surface area contributed by atoms with E-state index in [1.165, 1.54) is 63.4 Å². The topological polar surface area (TPSA) is 35.5 Å². The third-order valence-corrected chi connectivity index (χ3v) is 5.31. The van der Waals surface area contributed by atoms with Gasteiger partial charge in [-0.1, -0.05) is 89.0 Å². The minimum Gasteiger partial charge on any atom is -0.460 e. The summed E-state index contributed by atoms with van der Waals surface area (Å²) in [4.78, 5) is 11.8. The fraction of sp³-hybridized carbons (Fsp3) is 0.741. The maximum Gasteiger partial charge on any atom is 0.306 e. The highest BCUT2D eigenvalue weighted by molar-refractivity contribution is 5.70. The molecule has 0 aliphatic carbocycles. The molecule has 172 valence electrons. The van der Waals surface area contributed by atoms with Crippen molar-refractivity contribution in [3.8, 4) is 0 Å². The van der Waals surface area contributed by atoms with Gasteiger partial charge in [-0.2, -0.15) is 0 Å². The largest absolute Gasteiger partial charge is 0.460 e. The SMILES string of the molecule is CCCCCCCCCCCC(C)OCc1ccc(CCC(=O)OC(C)(C)C)cc1. The summed E-state index contributed by atoms with van der Waals surface area (Å²) in [6, 6.07) is 8.40. The normalized spacial score (nSPS) is 12.7. The van der Waals surface area contributed by atoms with Gasteiger partial charge in [-0.05, 0) is 51.7 Å². The summed E-state index contributed by atoms with van der Waals surface area (Å²) in [5.74, 6) is -0.139. The minimum absolute atomic E-state index is 0.139. The average molecular weight is 419 g/mol. The van der Waals surface area contributed by atoms with Gasteiger partial charge in [0.15, 0.2) is 0 Å². The molecular formula is C27H46O3. The molecule has 1 aromatic rings. The second-order valence-electron chi connectivity index (χ2n) is 9.64. The third-order valence-electron chi connectivity index (χ3n) is 5.31. The van der Waals surface area contributed by atoms with E-state index in [0.29, 0.717) is 25.6 Å². The van der Waals surface area contributed by atoms with Crippen LogP contribution in [-0.4, -0.2) is 17.7 Å². The number of rotatable bonds is 16. The number of aryl methyl sites for hydroxylation is 1. The standard InChI is InChI=1S/C27H46O3/c1-6-7-8-9-10-11-12-13-14-15-23(2)29-22-25-18-16-24(17-19-25)20-21-26(28)30-27(3,4)5/h16-19,23H,6-15,20-22H2,1-5H3. The monoisotopic (exact) mass is 418 g/mol. The van der Waals surface area contributed by atoms with Crippen molar-refractivity contribution in [3.63, 3.8) is 0 Å². The summed E-state index contributed by atoms with van der Waals surface area (Å²) in [6.45, 7) is 10.8. The lowest BCUT2D eigenvalue weighted by Gasteiger charge is -2.19. The van der Waals surface area contributed by atoms with Gasteiger partial charge in [0.1, 0.15) is 5.60 Å². The first kappa shape index (κ1) is 26.7. The van der Waals surface area contributed by atoms with E-state index >= 15 is 0 Å². The number of hydrogen-bond donors (Lipinski definition) is 0. The number of ether oxygens (including phenoxy) is 2. The smallest absolute Gasteiger partial charge is 0.306 e. The molecule has 0 saturated heterocycles. The van der Waals surface area contributed by atoms with E-state index in [1.54, 1.807) is 0 Å². The molecule has 1 aromatic carbocycles. The Morgan fingerprint density at radius 2 is 1.40 bits per heavy atom. The van der Waals surface area contributed by atoms with E-state index in [4.69, 9.17) is 9.47 Å². The Balaban J connectivity index is 2.11. The van der Waals surface area contributed by atoms with E-state index in [0.717, 1.165) is 12.0 Å². The maximum atomic E-state index is 11.8. The number of carbonyl (C=O) groups is 1. The minimum atomic E-state index is -0.413. The lowest BCUT2D eigenvalue weighted by atomic mass is 10.1. The Kier molecular flexibility index (Phi) is 13.7. The van der Waals surface area contributed by atoms with E-state index in [9.17, 15) is 4.79 Å². The van der Waals surface area contributed by atoms with Gasteiger partial charge in [0.05, 0.1) is 12.7 Å². The first-order valence-electron chi connectivity index (χ1n) is 12.2. The highest BCUT2D eigenvalue weighted by Crippen LogP contribution is 2.15. The van der Waals surface area contributed by atoms with Crippen LogP contribution in [0.4, 0.5) is 0 Å². The highest BCUT2D eigenvalue weighted by Gasteiger charge is 2.15. The summed E-state index contributed by atoms with van der Waals surface area (Å²) in [5.41, 5.74) is 1.94. The van der Waals surface area contributed by atoms with E-state index in [2.05, 4.69) is 38.1 Å². The number of carbonyl (C=O) groups excluding carboxylic acids is 1. The van der Waals surface area contributed by atoms with Crippen molar-refractivity contribution in [2.75, 3.05) is 0 Å². The molecule has 0 N–H and O–H groups in total. The Labute approximate surface area is 185 Å². The first-order chi connectivity index (χ1) is 14.3. The van der Waals surface area contributed by atoms with Gasteiger partial charge in [-0.3, -0.25) is 4.79 Å². The van der Waals surface area contributed by atoms with Gasteiger partial charge >= 0.3 is 5.97 Å². The molecule has 3 nitrogen and oxygen atoms in total. The van der Waals surface area contributed by atoms with Gasteiger partial charge in [0.25, 0.3) is 0 Å². The number of hydrogen-bond acceptors (Lipinski definition) is 3. The molecule has 0 fully saturated rings. The molecule has 0 spiro atoms. The molecule has 0 heterocycles. The third kappa shape index (κ3) is 14.6. The molecule has 1 unspecified atom stereocenters. The fourth-order valence-corrected chi connectivity index (χ4v) is 3.51. The van der Waals surface area contributed by atoms with Crippen LogP contribution in [0.2, 0.25) is 0 Å². The van der Waals surface area contributed by atoms with E-state index in [1.807, 2.05) is 20.8 Å². The van der Waals surface area contributed by atoms with Gasteiger partial charge in [-0.25, -0.2) is 0 Å². The number of esters is 1. The molecule has 0 bridgehead atoms. The van der Waals surface area contributed by atoms with E-state index < -0.39 is 5.60 Å².